The third-order valence-corrected chi connectivity index (χ3v) is 4.24. The van der Waals surface area contributed by atoms with Crippen LogP contribution < -0.4 is 4.74 Å². The average molecular weight is 266 g/mol. The van der Waals surface area contributed by atoms with E-state index in [2.05, 4.69) is 0 Å². The number of rotatable bonds is 3. The second-order valence-electron chi connectivity index (χ2n) is 4.33. The van der Waals surface area contributed by atoms with Gasteiger partial charge < -0.3 is 9.84 Å². The summed E-state index contributed by atoms with van der Waals surface area (Å²) >= 11 is 1.42. The fraction of sp³-hybridized carbons (Fsp3) is 0.286. The quantitative estimate of drug-likeness (QED) is 0.922. The monoisotopic (exact) mass is 266 g/mol. The van der Waals surface area contributed by atoms with Crippen molar-refractivity contribution in [2.45, 2.75) is 19.4 Å². The highest BCUT2D eigenvalue weighted by Crippen LogP contribution is 2.38. The maximum absolute atomic E-state index is 14.2. The molecule has 0 fully saturated rings. The van der Waals surface area contributed by atoms with Gasteiger partial charge in [-0.15, -0.1) is 11.3 Å². The second-order valence-corrected chi connectivity index (χ2v) is 5.24. The molecule has 2 nitrogen and oxygen atoms in total. The van der Waals surface area contributed by atoms with Gasteiger partial charge in [-0.05, 0) is 36.9 Å². The van der Waals surface area contributed by atoms with E-state index >= 15 is 0 Å². The van der Waals surface area contributed by atoms with Gasteiger partial charge in [0, 0.05) is 10.4 Å². The molecule has 4 heteroatoms. The van der Waals surface area contributed by atoms with Gasteiger partial charge >= 0.3 is 0 Å². The molecule has 1 atom stereocenters. The third-order valence-electron chi connectivity index (χ3n) is 3.01. The number of thiophene rings is 1. The summed E-state index contributed by atoms with van der Waals surface area (Å²) in [5.74, 6) is -0.375. The number of hydrogen-bond acceptors (Lipinski definition) is 3. The zero-order chi connectivity index (χ0) is 13.3. The zero-order valence-corrected chi connectivity index (χ0v) is 11.3. The highest BCUT2D eigenvalue weighted by Gasteiger charge is 2.32. The Morgan fingerprint density at radius 1 is 1.33 bits per heavy atom. The fourth-order valence-electron chi connectivity index (χ4n) is 2.04. The Labute approximate surface area is 110 Å². The Kier molecular flexibility index (Phi) is 3.41. The van der Waals surface area contributed by atoms with Crippen LogP contribution >= 0.6 is 11.3 Å². The summed E-state index contributed by atoms with van der Waals surface area (Å²) in [7, 11) is 1.41. The Hall–Kier alpha value is -1.39. The lowest BCUT2D eigenvalue weighted by Gasteiger charge is -2.24. The maximum atomic E-state index is 14.2. The summed E-state index contributed by atoms with van der Waals surface area (Å²) in [5.41, 5.74) is -0.170. The van der Waals surface area contributed by atoms with Crippen molar-refractivity contribution in [3.8, 4) is 5.75 Å². The first kappa shape index (κ1) is 13.1. The van der Waals surface area contributed by atoms with Crippen LogP contribution in [0.5, 0.6) is 5.75 Å². The zero-order valence-electron chi connectivity index (χ0n) is 10.5. The van der Waals surface area contributed by atoms with Crippen LogP contribution in [0.3, 0.4) is 0 Å². The van der Waals surface area contributed by atoms with Crippen LogP contribution in [0, 0.1) is 12.7 Å². The SMILES string of the molecule is COc1cccc(C(C)(O)c2sccc2C)c1F. The van der Waals surface area contributed by atoms with Crippen molar-refractivity contribution in [1.29, 1.82) is 0 Å². The summed E-state index contributed by atoms with van der Waals surface area (Å²) < 4.78 is 19.2. The Balaban J connectivity index is 2.58. The van der Waals surface area contributed by atoms with E-state index in [1.165, 1.54) is 24.5 Å². The largest absolute Gasteiger partial charge is 0.494 e. The third kappa shape index (κ3) is 2.02. The maximum Gasteiger partial charge on any atom is 0.171 e. The van der Waals surface area contributed by atoms with Gasteiger partial charge in [0.15, 0.2) is 11.6 Å². The number of benzene rings is 1. The van der Waals surface area contributed by atoms with Crippen molar-refractivity contribution < 1.29 is 14.2 Å². The van der Waals surface area contributed by atoms with Crippen molar-refractivity contribution in [3.05, 3.63) is 51.5 Å². The molecule has 0 amide bonds. The average Bonchev–Trinajstić information content (AvgIpc) is 2.76. The second kappa shape index (κ2) is 4.71. The van der Waals surface area contributed by atoms with E-state index in [9.17, 15) is 9.50 Å². The number of halogens is 1. The molecule has 0 bridgehead atoms. The molecule has 0 aliphatic carbocycles. The molecule has 0 aliphatic heterocycles. The van der Waals surface area contributed by atoms with E-state index in [0.29, 0.717) is 0 Å². The molecule has 0 spiro atoms. The van der Waals surface area contributed by atoms with Crippen LogP contribution in [0.4, 0.5) is 4.39 Å². The first-order chi connectivity index (χ1) is 8.48. The molecule has 1 N–H and O–H groups in total. The van der Waals surface area contributed by atoms with E-state index in [-0.39, 0.29) is 11.3 Å². The summed E-state index contributed by atoms with van der Waals surface area (Å²) in [6.45, 7) is 3.50. The summed E-state index contributed by atoms with van der Waals surface area (Å²) in [5, 5.41) is 12.5. The minimum atomic E-state index is -1.35. The summed E-state index contributed by atoms with van der Waals surface area (Å²) in [6, 6.07) is 6.70. The van der Waals surface area contributed by atoms with Crippen LogP contribution in [-0.2, 0) is 5.60 Å². The smallest absolute Gasteiger partial charge is 0.171 e. The van der Waals surface area contributed by atoms with Gasteiger partial charge in [-0.25, -0.2) is 4.39 Å². The molecule has 0 saturated carbocycles. The summed E-state index contributed by atoms with van der Waals surface area (Å²) in [6.07, 6.45) is 0. The molecule has 0 aliphatic rings. The number of aliphatic hydroxyl groups is 1. The van der Waals surface area contributed by atoms with Crippen LogP contribution in [0.2, 0.25) is 0 Å². The van der Waals surface area contributed by atoms with E-state index < -0.39 is 11.4 Å². The molecule has 1 heterocycles. The molecule has 1 aromatic heterocycles. The lowest BCUT2D eigenvalue weighted by Crippen LogP contribution is -2.24. The number of aryl methyl sites for hydroxylation is 1. The van der Waals surface area contributed by atoms with Gasteiger partial charge in [-0.1, -0.05) is 12.1 Å². The van der Waals surface area contributed by atoms with Gasteiger partial charge in [-0.2, -0.15) is 0 Å². The first-order valence-electron chi connectivity index (χ1n) is 5.58. The van der Waals surface area contributed by atoms with Crippen molar-refractivity contribution in [2.75, 3.05) is 7.11 Å². The van der Waals surface area contributed by atoms with Crippen molar-refractivity contribution in [1.82, 2.24) is 0 Å². The standard InChI is InChI=1S/C14H15FO2S/c1-9-7-8-18-13(9)14(2,16)10-5-4-6-11(17-3)12(10)15/h4-8,16H,1-3H3. The van der Waals surface area contributed by atoms with Crippen LogP contribution in [-0.4, -0.2) is 12.2 Å². The number of ether oxygens (including phenoxy) is 1. The van der Waals surface area contributed by atoms with E-state index in [1.807, 2.05) is 18.4 Å². The number of methoxy groups -OCH3 is 1. The van der Waals surface area contributed by atoms with E-state index in [4.69, 9.17) is 4.74 Å². The molecule has 18 heavy (non-hydrogen) atoms. The first-order valence-corrected chi connectivity index (χ1v) is 6.46. The van der Waals surface area contributed by atoms with Crippen molar-refractivity contribution in [3.63, 3.8) is 0 Å². The predicted molar refractivity (Wildman–Crippen MR) is 70.7 cm³/mol. The Morgan fingerprint density at radius 2 is 2.06 bits per heavy atom. The van der Waals surface area contributed by atoms with Crippen LogP contribution in [0.1, 0.15) is 22.9 Å². The molecule has 0 saturated heterocycles. The van der Waals surface area contributed by atoms with Crippen LogP contribution in [0.25, 0.3) is 0 Å². The molecule has 2 aromatic rings. The van der Waals surface area contributed by atoms with Gasteiger partial charge in [0.2, 0.25) is 0 Å². The molecule has 1 unspecified atom stereocenters. The molecular formula is C14H15FO2S. The van der Waals surface area contributed by atoms with Crippen LogP contribution in [0.15, 0.2) is 29.6 Å². The minimum absolute atomic E-state index is 0.141. The van der Waals surface area contributed by atoms with Gasteiger partial charge in [0.05, 0.1) is 7.11 Å². The van der Waals surface area contributed by atoms with E-state index in [1.54, 1.807) is 19.1 Å². The van der Waals surface area contributed by atoms with E-state index in [0.717, 1.165) is 10.4 Å². The Morgan fingerprint density at radius 3 is 2.61 bits per heavy atom. The lowest BCUT2D eigenvalue weighted by molar-refractivity contribution is 0.101. The number of hydrogen-bond donors (Lipinski definition) is 1. The molecule has 96 valence electrons. The van der Waals surface area contributed by atoms with Crippen molar-refractivity contribution in [2.24, 2.45) is 0 Å². The Bertz CT molecular complexity index is 561. The highest BCUT2D eigenvalue weighted by atomic mass is 32.1. The highest BCUT2D eigenvalue weighted by molar-refractivity contribution is 7.10. The molecular weight excluding hydrogens is 251 g/mol. The van der Waals surface area contributed by atoms with Crippen molar-refractivity contribution >= 4 is 11.3 Å². The van der Waals surface area contributed by atoms with Gasteiger partial charge in [0.1, 0.15) is 5.60 Å². The topological polar surface area (TPSA) is 29.5 Å². The molecule has 1 aromatic carbocycles. The summed E-state index contributed by atoms with van der Waals surface area (Å²) in [4.78, 5) is 0.745. The fourth-order valence-corrected chi connectivity index (χ4v) is 3.04. The predicted octanol–water partition coefficient (Wildman–Crippen LogP) is 3.46. The van der Waals surface area contributed by atoms with Gasteiger partial charge in [0.25, 0.3) is 0 Å². The lowest BCUT2D eigenvalue weighted by atomic mass is 9.91. The molecule has 2 rings (SSSR count). The van der Waals surface area contributed by atoms with Gasteiger partial charge in [-0.3, -0.25) is 0 Å². The normalized spacial score (nSPS) is 14.3. The minimum Gasteiger partial charge on any atom is -0.494 e. The molecule has 0 radical (unpaired) electrons.